The van der Waals surface area contributed by atoms with Crippen molar-refractivity contribution in [3.05, 3.63) is 18.2 Å². The number of imidazole rings is 1. The summed E-state index contributed by atoms with van der Waals surface area (Å²) in [6, 6.07) is 0. The first kappa shape index (κ1) is 13.2. The van der Waals surface area contributed by atoms with E-state index >= 15 is 0 Å². The first-order chi connectivity index (χ1) is 7.12. The Bertz CT molecular complexity index is 325. The molecule has 1 aromatic heterocycles. The van der Waals surface area contributed by atoms with E-state index in [1.54, 1.807) is 0 Å². The minimum Gasteiger partial charge on any atom is -0.337 e. The first-order valence-electron chi connectivity index (χ1n) is 5.86. The molecule has 0 aromatic carbocycles. The van der Waals surface area contributed by atoms with Gasteiger partial charge in [0.05, 0.1) is 6.54 Å². The summed E-state index contributed by atoms with van der Waals surface area (Å²) >= 11 is 0. The van der Waals surface area contributed by atoms with Crippen LogP contribution >= 0.6 is 0 Å². The number of aromatic nitrogens is 2. The molecule has 0 N–H and O–H groups in total. The molecule has 0 amide bonds. The Morgan fingerprint density at radius 1 is 1.12 bits per heavy atom. The van der Waals surface area contributed by atoms with Crippen LogP contribution in [0.4, 0.5) is 0 Å². The summed E-state index contributed by atoms with van der Waals surface area (Å²) in [6.07, 6.45) is 3.86. The Hall–Kier alpha value is -0.830. The van der Waals surface area contributed by atoms with Crippen LogP contribution in [0.1, 0.15) is 47.4 Å². The van der Waals surface area contributed by atoms with E-state index in [0.29, 0.717) is 0 Å². The number of hydrogen-bond acceptors (Lipinski definition) is 2. The number of aryl methyl sites for hydroxylation is 1. The monoisotopic (exact) mass is 223 g/mol. The standard InChI is InChI=1S/C13H25N3/c1-12(2,3)16(13(4,5)6)10-11-14-8-9-15(11)7/h8-9H,10H2,1-7H3. The molecule has 92 valence electrons. The lowest BCUT2D eigenvalue weighted by atomic mass is 9.96. The molecule has 3 heteroatoms. The molecule has 16 heavy (non-hydrogen) atoms. The Balaban J connectivity index is 2.93. The minimum atomic E-state index is 0.143. The van der Waals surface area contributed by atoms with Crippen molar-refractivity contribution in [1.29, 1.82) is 0 Å². The number of rotatable bonds is 2. The zero-order chi connectivity index (χ0) is 12.6. The number of nitrogens with zero attached hydrogens (tertiary/aromatic N) is 3. The van der Waals surface area contributed by atoms with E-state index in [9.17, 15) is 0 Å². The summed E-state index contributed by atoms with van der Waals surface area (Å²) < 4.78 is 2.09. The molecule has 0 saturated heterocycles. The second-order valence-corrected chi connectivity index (χ2v) is 6.38. The summed E-state index contributed by atoms with van der Waals surface area (Å²) in [6.45, 7) is 14.4. The molecule has 0 spiro atoms. The van der Waals surface area contributed by atoms with E-state index in [1.807, 2.05) is 19.4 Å². The third-order valence-electron chi connectivity index (χ3n) is 2.84. The van der Waals surface area contributed by atoms with Crippen molar-refractivity contribution in [1.82, 2.24) is 14.5 Å². The van der Waals surface area contributed by atoms with Gasteiger partial charge in [0.2, 0.25) is 0 Å². The van der Waals surface area contributed by atoms with Crippen LogP contribution in [0.2, 0.25) is 0 Å². The van der Waals surface area contributed by atoms with Crippen molar-refractivity contribution >= 4 is 0 Å². The summed E-state index contributed by atoms with van der Waals surface area (Å²) in [5.74, 6) is 1.12. The van der Waals surface area contributed by atoms with Gasteiger partial charge in [0, 0.05) is 30.5 Å². The van der Waals surface area contributed by atoms with Crippen molar-refractivity contribution < 1.29 is 0 Å². The zero-order valence-electron chi connectivity index (χ0n) is 11.7. The van der Waals surface area contributed by atoms with E-state index in [1.165, 1.54) is 0 Å². The van der Waals surface area contributed by atoms with E-state index < -0.39 is 0 Å². The Kier molecular flexibility index (Phi) is 3.48. The van der Waals surface area contributed by atoms with Crippen LogP contribution in [0, 0.1) is 0 Å². The maximum absolute atomic E-state index is 4.40. The molecule has 1 heterocycles. The fraction of sp³-hybridized carbons (Fsp3) is 0.769. The Labute approximate surface area is 99.5 Å². The molecule has 0 radical (unpaired) electrons. The van der Waals surface area contributed by atoms with Gasteiger partial charge < -0.3 is 4.57 Å². The summed E-state index contributed by atoms with van der Waals surface area (Å²) in [7, 11) is 2.05. The van der Waals surface area contributed by atoms with Crippen LogP contribution in [0.3, 0.4) is 0 Å². The summed E-state index contributed by atoms with van der Waals surface area (Å²) in [5.41, 5.74) is 0.286. The second kappa shape index (κ2) is 4.21. The SMILES string of the molecule is Cn1ccnc1CN(C(C)(C)C)C(C)(C)C. The van der Waals surface area contributed by atoms with Crippen LogP contribution in [-0.4, -0.2) is 25.5 Å². The Morgan fingerprint density at radius 3 is 1.94 bits per heavy atom. The smallest absolute Gasteiger partial charge is 0.122 e. The highest BCUT2D eigenvalue weighted by molar-refractivity contribution is 4.96. The van der Waals surface area contributed by atoms with E-state index in [4.69, 9.17) is 0 Å². The average Bonchev–Trinajstić information content (AvgIpc) is 2.42. The molecule has 3 nitrogen and oxygen atoms in total. The molecule has 0 fully saturated rings. The van der Waals surface area contributed by atoms with E-state index in [0.717, 1.165) is 12.4 Å². The summed E-state index contributed by atoms with van der Waals surface area (Å²) in [5, 5.41) is 0. The van der Waals surface area contributed by atoms with Crippen LogP contribution in [0.15, 0.2) is 12.4 Å². The van der Waals surface area contributed by atoms with Crippen molar-refractivity contribution in [2.75, 3.05) is 0 Å². The molecule has 1 rings (SSSR count). The fourth-order valence-corrected chi connectivity index (χ4v) is 2.17. The van der Waals surface area contributed by atoms with Gasteiger partial charge in [0.1, 0.15) is 5.82 Å². The topological polar surface area (TPSA) is 21.1 Å². The molecule has 1 aromatic rings. The molecule has 0 saturated carbocycles. The highest BCUT2D eigenvalue weighted by Crippen LogP contribution is 2.26. The fourth-order valence-electron chi connectivity index (χ4n) is 2.17. The highest BCUT2D eigenvalue weighted by atomic mass is 15.3. The quantitative estimate of drug-likeness (QED) is 0.768. The normalized spacial score (nSPS) is 13.5. The van der Waals surface area contributed by atoms with Gasteiger partial charge >= 0.3 is 0 Å². The van der Waals surface area contributed by atoms with Crippen LogP contribution in [0.25, 0.3) is 0 Å². The van der Waals surface area contributed by atoms with Crippen molar-refractivity contribution in [2.24, 2.45) is 7.05 Å². The van der Waals surface area contributed by atoms with Crippen molar-refractivity contribution in [3.8, 4) is 0 Å². The van der Waals surface area contributed by atoms with Gasteiger partial charge in [-0.05, 0) is 41.5 Å². The highest BCUT2D eigenvalue weighted by Gasteiger charge is 2.32. The second-order valence-electron chi connectivity index (χ2n) is 6.38. The van der Waals surface area contributed by atoms with Crippen LogP contribution in [-0.2, 0) is 13.6 Å². The molecule has 0 bridgehead atoms. The van der Waals surface area contributed by atoms with Gasteiger partial charge in [-0.25, -0.2) is 4.98 Å². The molecular formula is C13H25N3. The van der Waals surface area contributed by atoms with E-state index in [2.05, 4.69) is 56.0 Å². The van der Waals surface area contributed by atoms with Gasteiger partial charge in [0.15, 0.2) is 0 Å². The van der Waals surface area contributed by atoms with Gasteiger partial charge in [-0.2, -0.15) is 0 Å². The van der Waals surface area contributed by atoms with Crippen molar-refractivity contribution in [3.63, 3.8) is 0 Å². The summed E-state index contributed by atoms with van der Waals surface area (Å²) in [4.78, 5) is 6.88. The number of hydrogen-bond donors (Lipinski definition) is 0. The lowest BCUT2D eigenvalue weighted by molar-refractivity contribution is 0.0265. The minimum absolute atomic E-state index is 0.143. The average molecular weight is 223 g/mol. The lowest BCUT2D eigenvalue weighted by Gasteiger charge is -2.45. The maximum Gasteiger partial charge on any atom is 0.122 e. The maximum atomic E-state index is 4.40. The predicted molar refractivity (Wildman–Crippen MR) is 68.3 cm³/mol. The molecule has 0 aliphatic heterocycles. The van der Waals surface area contributed by atoms with Gasteiger partial charge in [-0.15, -0.1) is 0 Å². The largest absolute Gasteiger partial charge is 0.337 e. The first-order valence-corrected chi connectivity index (χ1v) is 5.86. The van der Waals surface area contributed by atoms with Gasteiger partial charge in [0.25, 0.3) is 0 Å². The van der Waals surface area contributed by atoms with Crippen LogP contribution < -0.4 is 0 Å². The Morgan fingerprint density at radius 2 is 1.62 bits per heavy atom. The van der Waals surface area contributed by atoms with Crippen LogP contribution in [0.5, 0.6) is 0 Å². The van der Waals surface area contributed by atoms with Gasteiger partial charge in [-0.3, -0.25) is 4.90 Å². The molecule has 0 aliphatic carbocycles. The van der Waals surface area contributed by atoms with E-state index in [-0.39, 0.29) is 11.1 Å². The molecule has 0 unspecified atom stereocenters. The molecule has 0 atom stereocenters. The van der Waals surface area contributed by atoms with Crippen molar-refractivity contribution in [2.45, 2.75) is 59.2 Å². The third-order valence-corrected chi connectivity index (χ3v) is 2.84. The molecular weight excluding hydrogens is 198 g/mol. The predicted octanol–water partition coefficient (Wildman–Crippen LogP) is 2.82. The zero-order valence-corrected chi connectivity index (χ0v) is 11.7. The van der Waals surface area contributed by atoms with Gasteiger partial charge in [-0.1, -0.05) is 0 Å². The third kappa shape index (κ3) is 3.08. The lowest BCUT2D eigenvalue weighted by Crippen LogP contribution is -2.52. The molecule has 0 aliphatic rings.